The molecule has 0 atom stereocenters. The third-order valence-corrected chi connectivity index (χ3v) is 4.95. The smallest absolute Gasteiger partial charge is 0.272 e. The van der Waals surface area contributed by atoms with E-state index in [9.17, 15) is 8.42 Å². The zero-order chi connectivity index (χ0) is 12.5. The van der Waals surface area contributed by atoms with Crippen LogP contribution in [-0.4, -0.2) is 13.4 Å². The Hall–Kier alpha value is -1.31. The molecule has 0 fully saturated rings. The van der Waals surface area contributed by atoms with Gasteiger partial charge in [-0.2, -0.15) is 0 Å². The van der Waals surface area contributed by atoms with Crippen LogP contribution >= 0.6 is 22.9 Å². The van der Waals surface area contributed by atoms with E-state index in [1.165, 1.54) is 12.3 Å². The Labute approximate surface area is 107 Å². The SMILES string of the molecule is Nc1csc(S(=O)(=O)Nc2ncccc2Cl)c1. The molecule has 2 heterocycles. The Balaban J connectivity index is 2.33. The Morgan fingerprint density at radius 3 is 2.82 bits per heavy atom. The van der Waals surface area contributed by atoms with Gasteiger partial charge in [-0.1, -0.05) is 11.6 Å². The van der Waals surface area contributed by atoms with Crippen molar-refractivity contribution >= 4 is 44.5 Å². The standard InChI is InChI=1S/C9H8ClN3O2S2/c10-7-2-1-3-12-9(7)13-17(14,15)8-4-6(11)5-16-8/h1-5H,11H2,(H,12,13). The number of halogens is 1. The molecule has 17 heavy (non-hydrogen) atoms. The van der Waals surface area contributed by atoms with Crippen LogP contribution in [0.25, 0.3) is 0 Å². The van der Waals surface area contributed by atoms with E-state index in [2.05, 4.69) is 9.71 Å². The lowest BCUT2D eigenvalue weighted by Gasteiger charge is -2.06. The summed E-state index contributed by atoms with van der Waals surface area (Å²) in [6.07, 6.45) is 1.45. The Morgan fingerprint density at radius 2 is 2.24 bits per heavy atom. The summed E-state index contributed by atoms with van der Waals surface area (Å²) in [5.74, 6) is 0.0983. The number of rotatable bonds is 3. The van der Waals surface area contributed by atoms with Crippen LogP contribution in [0.15, 0.2) is 34.0 Å². The van der Waals surface area contributed by atoms with Crippen molar-refractivity contribution in [2.24, 2.45) is 0 Å². The van der Waals surface area contributed by atoms with Crippen LogP contribution in [0.4, 0.5) is 11.5 Å². The maximum atomic E-state index is 11.9. The number of hydrogen-bond donors (Lipinski definition) is 2. The molecule has 0 unspecified atom stereocenters. The largest absolute Gasteiger partial charge is 0.398 e. The predicted molar refractivity (Wildman–Crippen MR) is 68.8 cm³/mol. The second-order valence-electron chi connectivity index (χ2n) is 3.14. The molecule has 0 saturated carbocycles. The molecule has 0 aliphatic carbocycles. The molecular weight excluding hydrogens is 282 g/mol. The number of nitrogens with zero attached hydrogens (tertiary/aromatic N) is 1. The van der Waals surface area contributed by atoms with Gasteiger partial charge in [0.1, 0.15) is 4.21 Å². The minimum absolute atomic E-state index is 0.0983. The summed E-state index contributed by atoms with van der Waals surface area (Å²) < 4.78 is 26.2. The molecule has 0 saturated heterocycles. The molecular formula is C9H8ClN3O2S2. The van der Waals surface area contributed by atoms with Gasteiger partial charge in [-0.05, 0) is 18.2 Å². The van der Waals surface area contributed by atoms with Crippen molar-refractivity contribution in [2.45, 2.75) is 4.21 Å². The number of anilines is 2. The third kappa shape index (κ3) is 2.68. The molecule has 0 aliphatic heterocycles. The molecule has 0 amide bonds. The zero-order valence-corrected chi connectivity index (χ0v) is 10.8. The number of sulfonamides is 1. The first-order valence-corrected chi connectivity index (χ1v) is 7.20. The van der Waals surface area contributed by atoms with E-state index in [0.29, 0.717) is 5.69 Å². The highest BCUT2D eigenvalue weighted by atomic mass is 35.5. The maximum absolute atomic E-state index is 11.9. The van der Waals surface area contributed by atoms with E-state index in [4.69, 9.17) is 17.3 Å². The zero-order valence-electron chi connectivity index (χ0n) is 8.42. The van der Waals surface area contributed by atoms with Crippen LogP contribution in [0.5, 0.6) is 0 Å². The fraction of sp³-hybridized carbons (Fsp3) is 0. The molecule has 90 valence electrons. The average Bonchev–Trinajstić information content (AvgIpc) is 2.69. The van der Waals surface area contributed by atoms with E-state index in [1.54, 1.807) is 17.5 Å². The van der Waals surface area contributed by atoms with E-state index in [-0.39, 0.29) is 15.0 Å². The van der Waals surface area contributed by atoms with E-state index < -0.39 is 10.0 Å². The van der Waals surface area contributed by atoms with Crippen molar-refractivity contribution in [1.29, 1.82) is 0 Å². The van der Waals surface area contributed by atoms with Gasteiger partial charge in [0.05, 0.1) is 5.02 Å². The van der Waals surface area contributed by atoms with Crippen molar-refractivity contribution in [3.8, 4) is 0 Å². The third-order valence-electron chi connectivity index (χ3n) is 1.85. The molecule has 5 nitrogen and oxygen atoms in total. The summed E-state index contributed by atoms with van der Waals surface area (Å²) in [5.41, 5.74) is 5.88. The lowest BCUT2D eigenvalue weighted by atomic mass is 10.5. The quantitative estimate of drug-likeness (QED) is 0.907. The number of nitrogens with one attached hydrogen (secondary N) is 1. The molecule has 0 aliphatic rings. The fourth-order valence-corrected chi connectivity index (χ4v) is 3.44. The second-order valence-corrected chi connectivity index (χ2v) is 6.37. The van der Waals surface area contributed by atoms with Crippen LogP contribution in [-0.2, 0) is 10.0 Å². The summed E-state index contributed by atoms with van der Waals surface area (Å²) in [7, 11) is -3.67. The molecule has 0 bridgehead atoms. The van der Waals surface area contributed by atoms with Gasteiger partial charge in [0.2, 0.25) is 0 Å². The first kappa shape index (κ1) is 12.2. The van der Waals surface area contributed by atoms with Crippen LogP contribution in [0.2, 0.25) is 5.02 Å². The summed E-state index contributed by atoms with van der Waals surface area (Å²) in [6, 6.07) is 4.54. The molecule has 2 aromatic rings. The van der Waals surface area contributed by atoms with Gasteiger partial charge in [-0.3, -0.25) is 4.72 Å². The van der Waals surface area contributed by atoms with Crippen LogP contribution in [0.3, 0.4) is 0 Å². The highest BCUT2D eigenvalue weighted by molar-refractivity contribution is 7.94. The van der Waals surface area contributed by atoms with Crippen LogP contribution < -0.4 is 10.5 Å². The van der Waals surface area contributed by atoms with Crippen LogP contribution in [0.1, 0.15) is 0 Å². The van der Waals surface area contributed by atoms with Crippen molar-refractivity contribution in [3.05, 3.63) is 34.8 Å². The maximum Gasteiger partial charge on any atom is 0.272 e. The fourth-order valence-electron chi connectivity index (χ4n) is 1.11. The number of hydrogen-bond acceptors (Lipinski definition) is 5. The van der Waals surface area contributed by atoms with Crippen molar-refractivity contribution in [2.75, 3.05) is 10.5 Å². The van der Waals surface area contributed by atoms with E-state index in [0.717, 1.165) is 11.3 Å². The summed E-state index contributed by atoms with van der Waals surface area (Å²) in [6.45, 7) is 0. The summed E-state index contributed by atoms with van der Waals surface area (Å²) in [4.78, 5) is 3.85. The number of pyridine rings is 1. The highest BCUT2D eigenvalue weighted by Gasteiger charge is 2.18. The van der Waals surface area contributed by atoms with E-state index >= 15 is 0 Å². The molecule has 8 heteroatoms. The van der Waals surface area contributed by atoms with Gasteiger partial charge in [-0.25, -0.2) is 13.4 Å². The number of thiophene rings is 1. The lowest BCUT2D eigenvalue weighted by molar-refractivity contribution is 0.603. The van der Waals surface area contributed by atoms with Crippen molar-refractivity contribution < 1.29 is 8.42 Å². The lowest BCUT2D eigenvalue weighted by Crippen LogP contribution is -2.12. The molecule has 0 aromatic carbocycles. The highest BCUT2D eigenvalue weighted by Crippen LogP contribution is 2.26. The van der Waals surface area contributed by atoms with Gasteiger partial charge < -0.3 is 5.73 Å². The number of aromatic nitrogens is 1. The Kier molecular flexibility index (Phi) is 3.23. The van der Waals surface area contributed by atoms with Gasteiger partial charge in [0.25, 0.3) is 10.0 Å². The number of nitrogen functional groups attached to an aromatic ring is 1. The minimum atomic E-state index is -3.67. The Bertz CT molecular complexity index is 639. The Morgan fingerprint density at radius 1 is 1.47 bits per heavy atom. The predicted octanol–water partition coefficient (Wildman–Crippen LogP) is 2.18. The molecule has 2 rings (SSSR count). The first-order valence-electron chi connectivity index (χ1n) is 4.46. The van der Waals surface area contributed by atoms with Gasteiger partial charge in [0, 0.05) is 17.3 Å². The summed E-state index contributed by atoms with van der Waals surface area (Å²) in [5, 5.41) is 1.79. The average molecular weight is 290 g/mol. The van der Waals surface area contributed by atoms with E-state index in [1.807, 2.05) is 0 Å². The topological polar surface area (TPSA) is 85.1 Å². The molecule has 0 radical (unpaired) electrons. The monoisotopic (exact) mass is 289 g/mol. The normalized spacial score (nSPS) is 11.4. The number of nitrogens with two attached hydrogens (primary N) is 1. The molecule has 2 aromatic heterocycles. The second kappa shape index (κ2) is 4.52. The molecule has 0 spiro atoms. The van der Waals surface area contributed by atoms with Crippen molar-refractivity contribution in [3.63, 3.8) is 0 Å². The summed E-state index contributed by atoms with van der Waals surface area (Å²) >= 11 is 6.85. The molecule has 3 N–H and O–H groups in total. The van der Waals surface area contributed by atoms with Crippen molar-refractivity contribution in [1.82, 2.24) is 4.98 Å². The first-order chi connectivity index (χ1) is 7.99. The van der Waals surface area contributed by atoms with Crippen LogP contribution in [0, 0.1) is 0 Å². The van der Waals surface area contributed by atoms with Gasteiger partial charge >= 0.3 is 0 Å². The van der Waals surface area contributed by atoms with Gasteiger partial charge in [0.15, 0.2) is 5.82 Å². The minimum Gasteiger partial charge on any atom is -0.398 e. The van der Waals surface area contributed by atoms with Gasteiger partial charge in [-0.15, -0.1) is 11.3 Å².